The fourth-order valence-corrected chi connectivity index (χ4v) is 2.89. The first kappa shape index (κ1) is 16.7. The highest BCUT2D eigenvalue weighted by atomic mass is 79.9. The highest BCUT2D eigenvalue weighted by molar-refractivity contribution is 9.10. The number of carbonyl (C=O) groups excluding carboxylic acids is 1. The lowest BCUT2D eigenvalue weighted by molar-refractivity contribution is 0.249. The van der Waals surface area contributed by atoms with Crippen molar-refractivity contribution in [3.63, 3.8) is 0 Å². The summed E-state index contributed by atoms with van der Waals surface area (Å²) in [7, 11) is 0. The first-order valence-electron chi connectivity index (χ1n) is 5.93. The van der Waals surface area contributed by atoms with Gasteiger partial charge in [0.15, 0.2) is 0 Å². The van der Waals surface area contributed by atoms with E-state index in [0.717, 1.165) is 32.3 Å². The minimum absolute atomic E-state index is 0.0839. The summed E-state index contributed by atoms with van der Waals surface area (Å²) in [6.45, 7) is 4.06. The van der Waals surface area contributed by atoms with Gasteiger partial charge in [-0.15, -0.1) is 0 Å². The lowest BCUT2D eigenvalue weighted by atomic mass is 9.93. The van der Waals surface area contributed by atoms with Crippen LogP contribution in [0.3, 0.4) is 0 Å². The smallest absolute Gasteiger partial charge is 0.286 e. The van der Waals surface area contributed by atoms with E-state index in [1.165, 1.54) is 6.08 Å². The number of rotatable bonds is 6. The molecule has 0 spiro atoms. The molecule has 21 heavy (non-hydrogen) atoms. The average molecular weight is 350 g/mol. The topological polar surface area (TPSA) is 95.5 Å². The number of aliphatic imine (C=N–C) groups is 1. The molecule has 0 aliphatic heterocycles. The Bertz CT molecular complexity index is 623. The Labute approximate surface area is 130 Å². The second-order valence-electron chi connectivity index (χ2n) is 4.17. The highest BCUT2D eigenvalue weighted by Gasteiger charge is 2.18. The largest absolute Gasteiger partial charge is 0.423 e. The summed E-state index contributed by atoms with van der Waals surface area (Å²) in [5.41, 5.74) is 4.08. The van der Waals surface area contributed by atoms with Gasteiger partial charge in [-0.1, -0.05) is 15.9 Å². The predicted octanol–water partition coefficient (Wildman–Crippen LogP) is 2.90. The van der Waals surface area contributed by atoms with Gasteiger partial charge in [0.2, 0.25) is 6.08 Å². The monoisotopic (exact) mass is 349 g/mol. The van der Waals surface area contributed by atoms with E-state index in [0.29, 0.717) is 0 Å². The van der Waals surface area contributed by atoms with Gasteiger partial charge in [0, 0.05) is 10.0 Å². The quantitative estimate of drug-likeness (QED) is 0.447. The lowest BCUT2D eigenvalue weighted by Gasteiger charge is -2.19. The molecule has 0 bridgehead atoms. The van der Waals surface area contributed by atoms with E-state index < -0.39 is 0 Å². The Morgan fingerprint density at radius 1 is 1.05 bits per heavy atom. The molecule has 1 aromatic rings. The van der Waals surface area contributed by atoms with Gasteiger partial charge in [-0.25, -0.2) is 9.79 Å². The van der Waals surface area contributed by atoms with Gasteiger partial charge >= 0.3 is 0 Å². The summed E-state index contributed by atoms with van der Waals surface area (Å²) in [6, 6.07) is 0. The molecule has 0 fully saturated rings. The van der Waals surface area contributed by atoms with Crippen LogP contribution in [0, 0.1) is 36.9 Å². The van der Waals surface area contributed by atoms with Crippen LogP contribution in [0.2, 0.25) is 0 Å². The van der Waals surface area contributed by atoms with E-state index in [4.69, 9.17) is 20.0 Å². The van der Waals surface area contributed by atoms with Crippen molar-refractivity contribution in [2.45, 2.75) is 33.6 Å². The molecule has 0 heterocycles. The number of hydrogen-bond donors (Lipinski definition) is 0. The number of benzene rings is 1. The van der Waals surface area contributed by atoms with Gasteiger partial charge in [0.05, 0.1) is 6.54 Å². The highest BCUT2D eigenvalue weighted by Crippen LogP contribution is 2.33. The molecule has 1 rings (SSSR count). The summed E-state index contributed by atoms with van der Waals surface area (Å²) in [4.78, 5) is 13.9. The van der Waals surface area contributed by atoms with Gasteiger partial charge in [-0.2, -0.15) is 10.5 Å². The van der Waals surface area contributed by atoms with E-state index in [-0.39, 0.29) is 19.8 Å². The molecular formula is C14H12BrN3O3. The first-order chi connectivity index (χ1) is 10.1. The number of nitrogens with zero attached hydrogens (tertiary/aromatic N) is 3. The SMILES string of the molecule is Cc1c(COC#N)c(C)c(COC#N)c(Br)c1CN=C=O. The van der Waals surface area contributed by atoms with E-state index in [9.17, 15) is 4.79 Å². The van der Waals surface area contributed by atoms with Crippen molar-refractivity contribution >= 4 is 22.0 Å². The van der Waals surface area contributed by atoms with E-state index >= 15 is 0 Å². The summed E-state index contributed by atoms with van der Waals surface area (Å²) in [5, 5.41) is 17.1. The second-order valence-corrected chi connectivity index (χ2v) is 4.96. The molecule has 0 saturated carbocycles. The minimum atomic E-state index is 0.0839. The molecule has 0 unspecified atom stereocenters. The van der Waals surface area contributed by atoms with Gasteiger partial charge in [0.1, 0.15) is 13.2 Å². The van der Waals surface area contributed by atoms with Crippen molar-refractivity contribution in [1.29, 1.82) is 10.5 Å². The summed E-state index contributed by atoms with van der Waals surface area (Å²) < 4.78 is 10.3. The Morgan fingerprint density at radius 2 is 1.57 bits per heavy atom. The molecular weight excluding hydrogens is 338 g/mol. The maximum Gasteiger partial charge on any atom is 0.286 e. The number of hydrogen-bond acceptors (Lipinski definition) is 6. The standard InChI is InChI=1S/C14H12BrN3O3/c1-9-11(3-18-8-19)14(15)13(5-21-7-17)10(2)12(9)4-20-6-16/h3-5H2,1-2H3. The van der Waals surface area contributed by atoms with Crippen molar-refractivity contribution in [3.8, 4) is 12.5 Å². The third-order valence-electron chi connectivity index (χ3n) is 3.20. The van der Waals surface area contributed by atoms with Crippen molar-refractivity contribution in [3.05, 3.63) is 32.3 Å². The maximum atomic E-state index is 10.3. The van der Waals surface area contributed by atoms with E-state index in [2.05, 4.69) is 20.9 Å². The molecule has 7 heteroatoms. The number of halogens is 1. The summed E-state index contributed by atoms with van der Waals surface area (Å²) in [5.74, 6) is 0. The Hall–Kier alpha value is -2.34. The van der Waals surface area contributed by atoms with Crippen molar-refractivity contribution in [1.82, 2.24) is 0 Å². The van der Waals surface area contributed by atoms with Crippen LogP contribution in [-0.2, 0) is 34.0 Å². The van der Waals surface area contributed by atoms with Crippen LogP contribution >= 0.6 is 15.9 Å². The number of ether oxygens (including phenoxy) is 2. The molecule has 108 valence electrons. The molecule has 1 aromatic carbocycles. The zero-order chi connectivity index (χ0) is 15.8. The number of nitriles is 2. The summed E-state index contributed by atoms with van der Waals surface area (Å²) in [6.07, 6.45) is 4.75. The molecule has 6 nitrogen and oxygen atoms in total. The second kappa shape index (κ2) is 8.06. The molecule has 0 amide bonds. The Balaban J connectivity index is 3.46. The third kappa shape index (κ3) is 3.82. The fourth-order valence-electron chi connectivity index (χ4n) is 2.05. The van der Waals surface area contributed by atoms with Crippen LogP contribution in [0.15, 0.2) is 9.47 Å². The van der Waals surface area contributed by atoms with Gasteiger partial charge in [0.25, 0.3) is 12.5 Å². The third-order valence-corrected chi connectivity index (χ3v) is 4.16. The van der Waals surface area contributed by atoms with E-state index in [1.807, 2.05) is 13.8 Å². The summed E-state index contributed by atoms with van der Waals surface area (Å²) >= 11 is 3.46. The zero-order valence-corrected chi connectivity index (χ0v) is 13.2. The Kier molecular flexibility index (Phi) is 6.42. The zero-order valence-electron chi connectivity index (χ0n) is 11.6. The predicted molar refractivity (Wildman–Crippen MR) is 76.2 cm³/mol. The van der Waals surface area contributed by atoms with Crippen LogP contribution in [-0.4, -0.2) is 6.08 Å². The Morgan fingerprint density at radius 3 is 2.10 bits per heavy atom. The fraction of sp³-hybridized carbons (Fsp3) is 0.357. The molecule has 0 aromatic heterocycles. The maximum absolute atomic E-state index is 10.3. The van der Waals surface area contributed by atoms with Gasteiger partial charge in [-0.3, -0.25) is 0 Å². The van der Waals surface area contributed by atoms with E-state index in [1.54, 1.807) is 12.5 Å². The van der Waals surface area contributed by atoms with Crippen LogP contribution in [0.4, 0.5) is 0 Å². The van der Waals surface area contributed by atoms with Crippen LogP contribution in [0.25, 0.3) is 0 Å². The lowest BCUT2D eigenvalue weighted by Crippen LogP contribution is -2.07. The molecule has 0 aliphatic carbocycles. The molecule has 0 aliphatic rings. The van der Waals surface area contributed by atoms with Crippen molar-refractivity contribution in [2.24, 2.45) is 4.99 Å². The number of isocyanates is 1. The first-order valence-corrected chi connectivity index (χ1v) is 6.72. The minimum Gasteiger partial charge on any atom is -0.423 e. The normalized spacial score (nSPS) is 9.19. The van der Waals surface area contributed by atoms with Crippen LogP contribution in [0.5, 0.6) is 0 Å². The molecule has 0 saturated heterocycles. The van der Waals surface area contributed by atoms with Crippen molar-refractivity contribution < 1.29 is 14.3 Å². The molecule has 0 N–H and O–H groups in total. The van der Waals surface area contributed by atoms with Gasteiger partial charge < -0.3 is 9.47 Å². The van der Waals surface area contributed by atoms with Gasteiger partial charge in [-0.05, 0) is 36.1 Å². The molecule has 0 radical (unpaired) electrons. The molecule has 0 atom stereocenters. The van der Waals surface area contributed by atoms with Crippen LogP contribution in [0.1, 0.15) is 27.8 Å². The average Bonchev–Trinajstić information content (AvgIpc) is 2.47. The van der Waals surface area contributed by atoms with Crippen molar-refractivity contribution in [2.75, 3.05) is 0 Å². The van der Waals surface area contributed by atoms with Crippen LogP contribution < -0.4 is 0 Å².